The van der Waals surface area contributed by atoms with Crippen LogP contribution in [0.3, 0.4) is 0 Å². The van der Waals surface area contributed by atoms with Crippen LogP contribution in [-0.4, -0.2) is 17.6 Å². The van der Waals surface area contributed by atoms with Gasteiger partial charge in [-0.2, -0.15) is 0 Å². The van der Waals surface area contributed by atoms with Crippen LogP contribution in [0.2, 0.25) is 0 Å². The van der Waals surface area contributed by atoms with E-state index < -0.39 is 0 Å². The lowest BCUT2D eigenvalue weighted by Crippen LogP contribution is -2.41. The number of carbonyl (C=O) groups is 1. The summed E-state index contributed by atoms with van der Waals surface area (Å²) in [5.74, 6) is 0.314. The SMILES string of the molecule is CCCCOc1ccccc1C(=O)NC(=S)NC(CC)c1ccccc1. The Morgan fingerprint density at radius 1 is 1.08 bits per heavy atom. The number of unbranched alkanes of at least 4 members (excludes halogenated alkanes) is 1. The minimum Gasteiger partial charge on any atom is -0.493 e. The number of para-hydroxylation sites is 1. The third kappa shape index (κ3) is 5.85. The molecule has 0 spiro atoms. The van der Waals surface area contributed by atoms with E-state index in [4.69, 9.17) is 17.0 Å². The number of ether oxygens (including phenoxy) is 1. The molecule has 0 aliphatic rings. The van der Waals surface area contributed by atoms with Gasteiger partial charge in [-0.1, -0.05) is 62.7 Å². The molecule has 2 N–H and O–H groups in total. The molecular formula is C21H26N2O2S. The second kappa shape index (κ2) is 10.6. The van der Waals surface area contributed by atoms with Crippen molar-refractivity contribution in [3.8, 4) is 5.75 Å². The molecule has 5 heteroatoms. The predicted octanol–water partition coefficient (Wildman–Crippen LogP) is 4.62. The molecule has 0 radical (unpaired) electrons. The van der Waals surface area contributed by atoms with Gasteiger partial charge in [0.2, 0.25) is 0 Å². The standard InChI is InChI=1S/C21H26N2O2S/c1-3-5-15-25-19-14-10-9-13-17(19)20(24)23-21(26)22-18(4-2)16-11-7-6-8-12-16/h6-14,18H,3-5,15H2,1-2H3,(H2,22,23,24,26). The first-order chi connectivity index (χ1) is 12.7. The summed E-state index contributed by atoms with van der Waals surface area (Å²) in [6.45, 7) is 4.77. The number of benzene rings is 2. The molecule has 0 bridgehead atoms. The van der Waals surface area contributed by atoms with Gasteiger partial charge in [-0.3, -0.25) is 10.1 Å². The molecular weight excluding hydrogens is 344 g/mol. The second-order valence-electron chi connectivity index (χ2n) is 6.00. The van der Waals surface area contributed by atoms with Crippen LogP contribution in [0.15, 0.2) is 54.6 Å². The summed E-state index contributed by atoms with van der Waals surface area (Å²) in [5.41, 5.74) is 1.62. The topological polar surface area (TPSA) is 50.4 Å². The lowest BCUT2D eigenvalue weighted by Gasteiger charge is -2.20. The van der Waals surface area contributed by atoms with Crippen molar-refractivity contribution in [2.75, 3.05) is 6.61 Å². The summed E-state index contributed by atoms with van der Waals surface area (Å²) in [7, 11) is 0. The lowest BCUT2D eigenvalue weighted by molar-refractivity contribution is 0.0972. The number of nitrogens with one attached hydrogen (secondary N) is 2. The molecule has 0 aliphatic heterocycles. The fourth-order valence-electron chi connectivity index (χ4n) is 2.58. The van der Waals surface area contributed by atoms with Crippen LogP contribution in [0.25, 0.3) is 0 Å². The molecule has 0 saturated carbocycles. The highest BCUT2D eigenvalue weighted by Gasteiger charge is 2.16. The number of hydrogen-bond acceptors (Lipinski definition) is 3. The van der Waals surface area contributed by atoms with Crippen molar-refractivity contribution in [3.05, 3.63) is 65.7 Å². The Hall–Kier alpha value is -2.40. The normalized spacial score (nSPS) is 11.5. The summed E-state index contributed by atoms with van der Waals surface area (Å²) < 4.78 is 5.73. The molecule has 2 aromatic carbocycles. The molecule has 1 atom stereocenters. The lowest BCUT2D eigenvalue weighted by atomic mass is 10.1. The van der Waals surface area contributed by atoms with Crippen molar-refractivity contribution in [1.82, 2.24) is 10.6 Å². The van der Waals surface area contributed by atoms with Gasteiger partial charge in [0.25, 0.3) is 5.91 Å². The molecule has 2 rings (SSSR count). The van der Waals surface area contributed by atoms with E-state index in [-0.39, 0.29) is 11.9 Å². The Bertz CT molecular complexity index is 719. The molecule has 26 heavy (non-hydrogen) atoms. The molecule has 138 valence electrons. The smallest absolute Gasteiger partial charge is 0.261 e. The average Bonchev–Trinajstić information content (AvgIpc) is 2.67. The van der Waals surface area contributed by atoms with E-state index in [1.807, 2.05) is 42.5 Å². The van der Waals surface area contributed by atoms with E-state index in [2.05, 4.69) is 24.5 Å². The third-order valence-electron chi connectivity index (χ3n) is 4.03. The number of amides is 1. The summed E-state index contributed by atoms with van der Waals surface area (Å²) in [6, 6.07) is 17.3. The van der Waals surface area contributed by atoms with Crippen molar-refractivity contribution >= 4 is 23.2 Å². The number of thiocarbonyl (C=S) groups is 1. The highest BCUT2D eigenvalue weighted by Crippen LogP contribution is 2.19. The van der Waals surface area contributed by atoms with Gasteiger partial charge < -0.3 is 10.1 Å². The second-order valence-corrected chi connectivity index (χ2v) is 6.41. The maximum absolute atomic E-state index is 12.6. The van der Waals surface area contributed by atoms with Crippen molar-refractivity contribution in [1.29, 1.82) is 0 Å². The van der Waals surface area contributed by atoms with Gasteiger partial charge in [-0.05, 0) is 42.8 Å². The van der Waals surface area contributed by atoms with Gasteiger partial charge in [0.1, 0.15) is 5.75 Å². The van der Waals surface area contributed by atoms with Crippen LogP contribution in [0.1, 0.15) is 55.1 Å². The molecule has 0 aliphatic carbocycles. The zero-order chi connectivity index (χ0) is 18.8. The molecule has 1 unspecified atom stereocenters. The summed E-state index contributed by atoms with van der Waals surface area (Å²) >= 11 is 5.34. The summed E-state index contributed by atoms with van der Waals surface area (Å²) in [4.78, 5) is 12.6. The molecule has 0 fully saturated rings. The van der Waals surface area contributed by atoms with Crippen LogP contribution in [0.5, 0.6) is 5.75 Å². The van der Waals surface area contributed by atoms with Crippen molar-refractivity contribution < 1.29 is 9.53 Å². The van der Waals surface area contributed by atoms with E-state index in [9.17, 15) is 4.79 Å². The van der Waals surface area contributed by atoms with Crippen LogP contribution in [0, 0.1) is 0 Å². The number of hydrogen-bond donors (Lipinski definition) is 2. The Labute approximate surface area is 161 Å². The Kier molecular flexibility index (Phi) is 8.09. The zero-order valence-corrected chi connectivity index (χ0v) is 16.1. The van der Waals surface area contributed by atoms with Gasteiger partial charge in [-0.15, -0.1) is 0 Å². The van der Waals surface area contributed by atoms with Crippen molar-refractivity contribution in [3.63, 3.8) is 0 Å². The van der Waals surface area contributed by atoms with Crippen LogP contribution in [-0.2, 0) is 0 Å². The van der Waals surface area contributed by atoms with E-state index in [0.29, 0.717) is 23.0 Å². The highest BCUT2D eigenvalue weighted by molar-refractivity contribution is 7.80. The first-order valence-electron chi connectivity index (χ1n) is 9.04. The van der Waals surface area contributed by atoms with Gasteiger partial charge >= 0.3 is 0 Å². The van der Waals surface area contributed by atoms with Crippen LogP contribution in [0.4, 0.5) is 0 Å². The van der Waals surface area contributed by atoms with E-state index in [1.54, 1.807) is 12.1 Å². The predicted molar refractivity (Wildman–Crippen MR) is 110 cm³/mol. The average molecular weight is 371 g/mol. The maximum Gasteiger partial charge on any atom is 0.261 e. The maximum atomic E-state index is 12.6. The fraction of sp³-hybridized carbons (Fsp3) is 0.333. The first kappa shape index (κ1) is 19.9. The molecule has 0 aromatic heterocycles. The molecule has 0 heterocycles. The molecule has 4 nitrogen and oxygen atoms in total. The van der Waals surface area contributed by atoms with Gasteiger partial charge in [-0.25, -0.2) is 0 Å². The van der Waals surface area contributed by atoms with Gasteiger partial charge in [0.15, 0.2) is 5.11 Å². The van der Waals surface area contributed by atoms with E-state index in [1.165, 1.54) is 0 Å². The number of rotatable bonds is 8. The minimum atomic E-state index is -0.266. The quantitative estimate of drug-likeness (QED) is 0.526. The van der Waals surface area contributed by atoms with Crippen molar-refractivity contribution in [2.45, 2.75) is 39.2 Å². The molecule has 0 saturated heterocycles. The van der Waals surface area contributed by atoms with Gasteiger partial charge in [0.05, 0.1) is 18.2 Å². The Balaban J connectivity index is 1.99. The minimum absolute atomic E-state index is 0.0556. The zero-order valence-electron chi connectivity index (χ0n) is 15.3. The largest absolute Gasteiger partial charge is 0.493 e. The van der Waals surface area contributed by atoms with E-state index >= 15 is 0 Å². The van der Waals surface area contributed by atoms with Crippen molar-refractivity contribution in [2.24, 2.45) is 0 Å². The molecule has 1 amide bonds. The molecule has 2 aromatic rings. The Morgan fingerprint density at radius 2 is 1.77 bits per heavy atom. The summed E-state index contributed by atoms with van der Waals surface area (Å²) in [6.07, 6.45) is 2.85. The van der Waals surface area contributed by atoms with E-state index in [0.717, 1.165) is 24.8 Å². The monoisotopic (exact) mass is 370 g/mol. The number of carbonyl (C=O) groups excluding carboxylic acids is 1. The highest BCUT2D eigenvalue weighted by atomic mass is 32.1. The third-order valence-corrected chi connectivity index (χ3v) is 4.25. The van der Waals surface area contributed by atoms with Crippen LogP contribution >= 0.6 is 12.2 Å². The van der Waals surface area contributed by atoms with Gasteiger partial charge in [0, 0.05) is 0 Å². The Morgan fingerprint density at radius 3 is 2.46 bits per heavy atom. The first-order valence-corrected chi connectivity index (χ1v) is 9.45. The van der Waals surface area contributed by atoms with Crippen LogP contribution < -0.4 is 15.4 Å². The fourth-order valence-corrected chi connectivity index (χ4v) is 2.81. The summed E-state index contributed by atoms with van der Waals surface area (Å²) in [5, 5.41) is 6.29.